The molecule has 0 saturated heterocycles. The molecule has 0 fully saturated rings. The van der Waals surface area contributed by atoms with Crippen LogP contribution in [0.2, 0.25) is 0 Å². The first-order valence-electron chi connectivity index (χ1n) is 7.79. The van der Waals surface area contributed by atoms with Gasteiger partial charge in [-0.25, -0.2) is 4.79 Å². The minimum absolute atomic E-state index is 0. The van der Waals surface area contributed by atoms with E-state index in [9.17, 15) is 14.7 Å². The maximum Gasteiger partial charge on any atom is 0.375 e. The fourth-order valence-corrected chi connectivity index (χ4v) is 2.84. The molecule has 132 valence electrons. The Bertz CT molecular complexity index is 797. The number of benzene rings is 1. The minimum Gasteiger partial charge on any atom is -1.00 e. The second-order valence-electron chi connectivity index (χ2n) is 5.68. The molecule has 1 aliphatic rings. The number of hydrogen-bond donors (Lipinski definition) is 2. The van der Waals surface area contributed by atoms with Crippen LogP contribution in [0.15, 0.2) is 48.8 Å². The summed E-state index contributed by atoms with van der Waals surface area (Å²) in [6.45, 7) is 3.73. The largest absolute Gasteiger partial charge is 1.00 e. The Morgan fingerprint density at radius 1 is 1.32 bits per heavy atom. The summed E-state index contributed by atoms with van der Waals surface area (Å²) in [5.41, 5.74) is -0.195. The Balaban J connectivity index is 0.00000225. The predicted molar refractivity (Wildman–Crippen MR) is 84.9 cm³/mol. The first-order chi connectivity index (χ1) is 11.5. The third-order valence-electron chi connectivity index (χ3n) is 4.18. The van der Waals surface area contributed by atoms with Gasteiger partial charge in [-0.15, -0.1) is 0 Å². The number of ether oxygens (including phenoxy) is 1. The van der Waals surface area contributed by atoms with E-state index in [0.717, 1.165) is 0 Å². The van der Waals surface area contributed by atoms with Crippen LogP contribution in [0.25, 0.3) is 0 Å². The van der Waals surface area contributed by atoms with Crippen molar-refractivity contribution in [3.8, 4) is 0 Å². The Hall–Kier alpha value is -2.25. The van der Waals surface area contributed by atoms with Gasteiger partial charge in [0.25, 0.3) is 11.9 Å². The van der Waals surface area contributed by atoms with Crippen molar-refractivity contribution in [2.24, 2.45) is 0 Å². The Morgan fingerprint density at radius 2 is 2.00 bits per heavy atom. The lowest BCUT2D eigenvalue weighted by molar-refractivity contribution is -0.707. The maximum atomic E-state index is 12.3. The summed E-state index contributed by atoms with van der Waals surface area (Å²) in [7, 11) is 0. The highest BCUT2D eigenvalue weighted by atomic mass is 79.9. The van der Waals surface area contributed by atoms with E-state index in [1.807, 2.05) is 6.07 Å². The van der Waals surface area contributed by atoms with Crippen molar-refractivity contribution < 1.29 is 41.0 Å². The third-order valence-corrected chi connectivity index (χ3v) is 4.18. The van der Waals surface area contributed by atoms with E-state index in [2.05, 4.69) is 5.32 Å². The van der Waals surface area contributed by atoms with Gasteiger partial charge in [0.2, 0.25) is 0 Å². The molecule has 0 spiro atoms. The van der Waals surface area contributed by atoms with Crippen molar-refractivity contribution in [2.45, 2.75) is 25.6 Å². The van der Waals surface area contributed by atoms with E-state index in [-0.39, 0.29) is 28.9 Å². The fourth-order valence-electron chi connectivity index (χ4n) is 2.84. The van der Waals surface area contributed by atoms with E-state index in [0.29, 0.717) is 23.3 Å². The number of esters is 1. The summed E-state index contributed by atoms with van der Waals surface area (Å²) < 4.78 is 6.61. The monoisotopic (exact) mass is 406 g/mol. The highest BCUT2D eigenvalue weighted by molar-refractivity contribution is 5.99. The lowest BCUT2D eigenvalue weighted by atomic mass is 9.95. The summed E-state index contributed by atoms with van der Waals surface area (Å²) in [6, 6.07) is 10.0. The number of rotatable bonds is 4. The van der Waals surface area contributed by atoms with E-state index >= 15 is 0 Å². The molecule has 2 heterocycles. The average Bonchev–Trinajstić information content (AvgIpc) is 2.87. The van der Waals surface area contributed by atoms with Gasteiger partial charge in [-0.3, -0.25) is 4.79 Å². The molecular formula is C18H19BrN2O4. The number of amides is 1. The number of aliphatic hydroxyl groups is 1. The zero-order valence-corrected chi connectivity index (χ0v) is 15.5. The van der Waals surface area contributed by atoms with E-state index in [1.165, 1.54) is 0 Å². The van der Waals surface area contributed by atoms with Gasteiger partial charge in [0, 0.05) is 24.1 Å². The lowest BCUT2D eigenvalue weighted by Crippen LogP contribution is -3.00. The van der Waals surface area contributed by atoms with Crippen LogP contribution >= 0.6 is 0 Å². The molecule has 7 heteroatoms. The molecule has 0 radical (unpaired) electrons. The summed E-state index contributed by atoms with van der Waals surface area (Å²) in [4.78, 5) is 24.2. The van der Waals surface area contributed by atoms with Crippen LogP contribution in [-0.4, -0.2) is 23.6 Å². The van der Waals surface area contributed by atoms with Gasteiger partial charge in [-0.05, 0) is 6.92 Å². The minimum atomic E-state index is -1.57. The number of fused-ring (bicyclic) bond motifs is 1. The second kappa shape index (κ2) is 7.33. The normalized spacial score (nSPS) is 19.4. The van der Waals surface area contributed by atoms with E-state index in [4.69, 9.17) is 4.74 Å². The zero-order chi connectivity index (χ0) is 17.3. The average molecular weight is 407 g/mol. The fraction of sp³-hybridized carbons (Fsp3) is 0.278. The molecule has 1 aromatic carbocycles. The Kier molecular flexibility index (Phi) is 5.59. The topological polar surface area (TPSA) is 79.5 Å². The second-order valence-corrected chi connectivity index (χ2v) is 5.68. The molecule has 6 nitrogen and oxygen atoms in total. The lowest BCUT2D eigenvalue weighted by Gasteiger charge is -2.24. The molecule has 0 aliphatic carbocycles. The third kappa shape index (κ3) is 3.29. The van der Waals surface area contributed by atoms with Gasteiger partial charge < -0.3 is 32.1 Å². The number of carbonyl (C=O) groups is 2. The van der Waals surface area contributed by atoms with Crippen molar-refractivity contribution in [3.63, 3.8) is 0 Å². The molecule has 1 aromatic heterocycles. The molecule has 2 aromatic rings. The molecular weight excluding hydrogens is 388 g/mol. The van der Waals surface area contributed by atoms with Gasteiger partial charge in [0.05, 0.1) is 6.61 Å². The number of nitrogens with one attached hydrogen (secondary N) is 1. The highest BCUT2D eigenvalue weighted by Crippen LogP contribution is 2.33. The van der Waals surface area contributed by atoms with Gasteiger partial charge in [-0.1, -0.05) is 30.3 Å². The summed E-state index contributed by atoms with van der Waals surface area (Å²) in [5.74, 6) is -0.763. The SMILES string of the molecule is CCOC(=O)C(C)[n+]1ccc2c(c1)C(=O)NC2(O)c1ccccc1.[Br-]. The van der Waals surface area contributed by atoms with E-state index in [1.54, 1.807) is 61.1 Å². The van der Waals surface area contributed by atoms with Crippen LogP contribution in [0.1, 0.15) is 41.4 Å². The van der Waals surface area contributed by atoms with Gasteiger partial charge in [-0.2, -0.15) is 4.57 Å². The number of aromatic nitrogens is 1. The molecule has 0 saturated carbocycles. The van der Waals surface area contributed by atoms with Crippen molar-refractivity contribution in [1.82, 2.24) is 5.32 Å². The number of nitrogens with zero attached hydrogens (tertiary/aromatic N) is 1. The summed E-state index contributed by atoms with van der Waals surface area (Å²) in [6.07, 6.45) is 3.22. The molecule has 2 unspecified atom stereocenters. The molecule has 0 bridgehead atoms. The van der Waals surface area contributed by atoms with Crippen LogP contribution in [0.4, 0.5) is 0 Å². The van der Waals surface area contributed by atoms with Gasteiger partial charge in [0.1, 0.15) is 5.56 Å². The van der Waals surface area contributed by atoms with Gasteiger partial charge in [0.15, 0.2) is 18.1 Å². The van der Waals surface area contributed by atoms with Gasteiger partial charge >= 0.3 is 5.97 Å². The summed E-state index contributed by atoms with van der Waals surface area (Å²) in [5, 5.41) is 13.6. The number of hydrogen-bond acceptors (Lipinski definition) is 4. The molecule has 1 aliphatic heterocycles. The molecule has 1 amide bonds. The van der Waals surface area contributed by atoms with Crippen LogP contribution in [0.5, 0.6) is 0 Å². The standard InChI is InChI=1S/C18H18N2O4.BrH/c1-3-24-17(22)12(2)20-10-9-15-14(11-20)16(21)19-18(15,23)13-7-5-4-6-8-13;/h4-12,23H,3H2,1-2H3;1H. The van der Waals surface area contributed by atoms with Crippen LogP contribution < -0.4 is 26.9 Å². The first kappa shape index (κ1) is 19.1. The quantitative estimate of drug-likeness (QED) is 0.456. The number of halogens is 1. The maximum absolute atomic E-state index is 12.3. The van der Waals surface area contributed by atoms with Crippen LogP contribution in [0, 0.1) is 0 Å². The predicted octanol–water partition coefficient (Wildman–Crippen LogP) is -1.96. The van der Waals surface area contributed by atoms with Crippen molar-refractivity contribution in [1.29, 1.82) is 0 Å². The van der Waals surface area contributed by atoms with Crippen molar-refractivity contribution >= 4 is 11.9 Å². The Labute approximate surface area is 156 Å². The van der Waals surface area contributed by atoms with Crippen LogP contribution in [-0.2, 0) is 15.3 Å². The summed E-state index contributed by atoms with van der Waals surface area (Å²) >= 11 is 0. The van der Waals surface area contributed by atoms with E-state index < -0.39 is 11.8 Å². The number of pyridine rings is 1. The highest BCUT2D eigenvalue weighted by Gasteiger charge is 2.45. The molecule has 25 heavy (non-hydrogen) atoms. The molecule has 2 N–H and O–H groups in total. The zero-order valence-electron chi connectivity index (χ0n) is 13.9. The smallest absolute Gasteiger partial charge is 0.375 e. The van der Waals surface area contributed by atoms with Crippen LogP contribution in [0.3, 0.4) is 0 Å². The Morgan fingerprint density at radius 3 is 2.64 bits per heavy atom. The number of carbonyl (C=O) groups excluding carboxylic acids is 2. The van der Waals surface area contributed by atoms with Crippen molar-refractivity contribution in [2.75, 3.05) is 6.61 Å². The first-order valence-corrected chi connectivity index (χ1v) is 7.79. The molecule has 2 atom stereocenters. The molecule has 3 rings (SSSR count). The van der Waals surface area contributed by atoms with Crippen molar-refractivity contribution in [3.05, 3.63) is 65.5 Å².